The summed E-state index contributed by atoms with van der Waals surface area (Å²) in [5.74, 6) is 0. The van der Waals surface area contributed by atoms with Crippen LogP contribution < -0.4 is 5.73 Å². The fourth-order valence-corrected chi connectivity index (χ4v) is 2.35. The van der Waals surface area contributed by atoms with Gasteiger partial charge in [-0.05, 0) is 46.9 Å². The highest BCUT2D eigenvalue weighted by atomic mass is 127. The predicted octanol–water partition coefficient (Wildman–Crippen LogP) is 2.81. The van der Waals surface area contributed by atoms with Crippen LogP contribution in [0.5, 0.6) is 0 Å². The van der Waals surface area contributed by atoms with Crippen molar-refractivity contribution in [1.29, 1.82) is 0 Å². The highest BCUT2D eigenvalue weighted by molar-refractivity contribution is 14.1. The average molecular weight is 329 g/mol. The van der Waals surface area contributed by atoms with Crippen molar-refractivity contribution >= 4 is 40.0 Å². The lowest BCUT2D eigenvalue weighted by molar-refractivity contribution is 1.05. The molecule has 1 aromatic carbocycles. The SMILES string of the molecule is Nc1cc(I)ccc1Sc1ccncn1. The van der Waals surface area contributed by atoms with Crippen molar-refractivity contribution in [1.82, 2.24) is 9.97 Å². The minimum atomic E-state index is 0.783. The summed E-state index contributed by atoms with van der Waals surface area (Å²) in [5, 5.41) is 0.901. The molecule has 0 amide bonds. The standard InChI is InChI=1S/C10H8IN3S/c11-7-1-2-9(8(12)5-7)15-10-3-4-13-6-14-10/h1-6H,12H2. The summed E-state index contributed by atoms with van der Waals surface area (Å²) in [4.78, 5) is 9.02. The second-order valence-corrected chi connectivity index (χ2v) is 5.14. The van der Waals surface area contributed by atoms with Gasteiger partial charge in [0.15, 0.2) is 0 Å². The van der Waals surface area contributed by atoms with Gasteiger partial charge in [0.05, 0.1) is 0 Å². The van der Waals surface area contributed by atoms with Crippen LogP contribution in [0, 0.1) is 3.57 Å². The molecule has 0 saturated heterocycles. The summed E-state index contributed by atoms with van der Waals surface area (Å²) in [6.07, 6.45) is 3.25. The molecule has 2 rings (SSSR count). The van der Waals surface area contributed by atoms with Crippen LogP contribution in [0.15, 0.2) is 46.7 Å². The summed E-state index contributed by atoms with van der Waals surface area (Å²) in [7, 11) is 0. The molecule has 0 aliphatic heterocycles. The van der Waals surface area contributed by atoms with Crippen LogP contribution in [0.4, 0.5) is 5.69 Å². The molecule has 0 saturated carbocycles. The number of benzene rings is 1. The van der Waals surface area contributed by atoms with E-state index in [-0.39, 0.29) is 0 Å². The van der Waals surface area contributed by atoms with E-state index in [1.807, 2.05) is 24.3 Å². The van der Waals surface area contributed by atoms with Gasteiger partial charge in [-0.1, -0.05) is 11.8 Å². The molecular weight excluding hydrogens is 321 g/mol. The maximum Gasteiger partial charge on any atom is 0.116 e. The van der Waals surface area contributed by atoms with E-state index in [1.165, 1.54) is 6.33 Å². The summed E-state index contributed by atoms with van der Waals surface area (Å²) in [5.41, 5.74) is 6.68. The van der Waals surface area contributed by atoms with Gasteiger partial charge < -0.3 is 5.73 Å². The monoisotopic (exact) mass is 329 g/mol. The van der Waals surface area contributed by atoms with Gasteiger partial charge in [-0.2, -0.15) is 0 Å². The zero-order chi connectivity index (χ0) is 10.7. The topological polar surface area (TPSA) is 51.8 Å². The Morgan fingerprint density at radius 3 is 2.80 bits per heavy atom. The molecule has 0 bridgehead atoms. The van der Waals surface area contributed by atoms with Crippen molar-refractivity contribution < 1.29 is 0 Å². The van der Waals surface area contributed by atoms with Gasteiger partial charge in [0.1, 0.15) is 11.4 Å². The third-order valence-electron chi connectivity index (χ3n) is 1.74. The molecule has 76 valence electrons. The quantitative estimate of drug-likeness (QED) is 0.523. The first kappa shape index (κ1) is 10.7. The Labute approximate surface area is 106 Å². The van der Waals surface area contributed by atoms with Crippen LogP contribution in [0.2, 0.25) is 0 Å². The first-order valence-corrected chi connectivity index (χ1v) is 6.14. The van der Waals surface area contributed by atoms with Gasteiger partial charge in [0.25, 0.3) is 0 Å². The molecule has 1 heterocycles. The molecule has 2 N–H and O–H groups in total. The molecule has 3 nitrogen and oxygen atoms in total. The Kier molecular flexibility index (Phi) is 3.42. The summed E-state index contributed by atoms with van der Waals surface area (Å²) in [6, 6.07) is 7.84. The summed E-state index contributed by atoms with van der Waals surface area (Å²) >= 11 is 3.78. The lowest BCUT2D eigenvalue weighted by atomic mass is 10.3. The van der Waals surface area contributed by atoms with Gasteiger partial charge in [0, 0.05) is 20.3 Å². The van der Waals surface area contributed by atoms with E-state index < -0.39 is 0 Å². The normalized spacial score (nSPS) is 10.2. The van der Waals surface area contributed by atoms with Crippen molar-refractivity contribution in [2.45, 2.75) is 9.92 Å². The van der Waals surface area contributed by atoms with Crippen LogP contribution in [0.1, 0.15) is 0 Å². The number of hydrogen-bond donors (Lipinski definition) is 1. The Bertz CT molecular complexity index is 461. The van der Waals surface area contributed by atoms with Gasteiger partial charge >= 0.3 is 0 Å². The summed E-state index contributed by atoms with van der Waals surface area (Å²) < 4.78 is 1.14. The van der Waals surface area contributed by atoms with E-state index >= 15 is 0 Å². The second kappa shape index (κ2) is 4.80. The van der Waals surface area contributed by atoms with E-state index in [4.69, 9.17) is 5.73 Å². The second-order valence-electron chi connectivity index (χ2n) is 2.83. The molecular formula is C10H8IN3S. The number of anilines is 1. The third kappa shape index (κ3) is 2.82. The van der Waals surface area contributed by atoms with Crippen molar-refractivity contribution in [2.24, 2.45) is 0 Å². The van der Waals surface area contributed by atoms with Crippen LogP contribution >= 0.6 is 34.4 Å². The van der Waals surface area contributed by atoms with E-state index in [0.717, 1.165) is 19.2 Å². The number of nitrogens with two attached hydrogens (primary N) is 1. The minimum absolute atomic E-state index is 0.783. The third-order valence-corrected chi connectivity index (χ3v) is 3.45. The van der Waals surface area contributed by atoms with Crippen LogP contribution in [-0.4, -0.2) is 9.97 Å². The highest BCUT2D eigenvalue weighted by Crippen LogP contribution is 2.31. The van der Waals surface area contributed by atoms with Crippen molar-refractivity contribution in [2.75, 3.05) is 5.73 Å². The van der Waals surface area contributed by atoms with E-state index in [1.54, 1.807) is 18.0 Å². The number of rotatable bonds is 2. The fraction of sp³-hybridized carbons (Fsp3) is 0. The molecule has 2 aromatic rings. The number of nitrogen functional groups attached to an aromatic ring is 1. The van der Waals surface area contributed by atoms with Crippen molar-refractivity contribution in [3.63, 3.8) is 0 Å². The number of hydrogen-bond acceptors (Lipinski definition) is 4. The minimum Gasteiger partial charge on any atom is -0.398 e. The van der Waals surface area contributed by atoms with E-state index in [9.17, 15) is 0 Å². The maximum absolute atomic E-state index is 5.90. The lowest BCUT2D eigenvalue weighted by Gasteiger charge is -2.04. The van der Waals surface area contributed by atoms with E-state index in [2.05, 4.69) is 32.6 Å². The van der Waals surface area contributed by atoms with Crippen LogP contribution in [0.25, 0.3) is 0 Å². The molecule has 0 aliphatic rings. The molecule has 0 radical (unpaired) electrons. The van der Waals surface area contributed by atoms with Gasteiger partial charge in [-0.25, -0.2) is 9.97 Å². The van der Waals surface area contributed by atoms with Gasteiger partial charge in [0.2, 0.25) is 0 Å². The van der Waals surface area contributed by atoms with Crippen LogP contribution in [-0.2, 0) is 0 Å². The largest absolute Gasteiger partial charge is 0.398 e. The zero-order valence-corrected chi connectivity index (χ0v) is 10.7. The van der Waals surface area contributed by atoms with E-state index in [0.29, 0.717) is 0 Å². The Morgan fingerprint density at radius 1 is 1.27 bits per heavy atom. The number of nitrogens with zero attached hydrogens (tertiary/aromatic N) is 2. The smallest absolute Gasteiger partial charge is 0.116 e. The van der Waals surface area contributed by atoms with Crippen molar-refractivity contribution in [3.8, 4) is 0 Å². The average Bonchev–Trinajstić information content (AvgIpc) is 2.24. The highest BCUT2D eigenvalue weighted by Gasteiger charge is 2.02. The predicted molar refractivity (Wildman–Crippen MR) is 69.7 cm³/mol. The first-order valence-electron chi connectivity index (χ1n) is 4.24. The maximum atomic E-state index is 5.90. The zero-order valence-electron chi connectivity index (χ0n) is 7.72. The molecule has 0 fully saturated rings. The molecule has 5 heteroatoms. The molecule has 0 spiro atoms. The molecule has 0 aliphatic carbocycles. The fourth-order valence-electron chi connectivity index (χ4n) is 1.06. The number of halogens is 1. The van der Waals surface area contributed by atoms with Crippen molar-refractivity contribution in [3.05, 3.63) is 40.4 Å². The first-order chi connectivity index (χ1) is 7.25. The number of aromatic nitrogens is 2. The Balaban J connectivity index is 2.25. The molecule has 1 aromatic heterocycles. The Morgan fingerprint density at radius 2 is 2.13 bits per heavy atom. The summed E-state index contributed by atoms with van der Waals surface area (Å²) in [6.45, 7) is 0. The lowest BCUT2D eigenvalue weighted by Crippen LogP contribution is -1.89. The molecule has 15 heavy (non-hydrogen) atoms. The Hall–Kier alpha value is -0.820. The van der Waals surface area contributed by atoms with Gasteiger partial charge in [-0.3, -0.25) is 0 Å². The van der Waals surface area contributed by atoms with Crippen LogP contribution in [0.3, 0.4) is 0 Å². The molecule has 0 atom stereocenters. The van der Waals surface area contributed by atoms with Gasteiger partial charge in [-0.15, -0.1) is 0 Å². The molecule has 0 unspecified atom stereocenters.